The summed E-state index contributed by atoms with van der Waals surface area (Å²) in [5, 5.41) is 1.16. The van der Waals surface area contributed by atoms with Crippen molar-refractivity contribution in [1.82, 2.24) is 19.7 Å². The minimum absolute atomic E-state index is 0.153. The summed E-state index contributed by atoms with van der Waals surface area (Å²) < 4.78 is 0. The number of aromatic nitrogens is 1. The van der Waals surface area contributed by atoms with Crippen molar-refractivity contribution in [3.05, 3.63) is 15.6 Å². The van der Waals surface area contributed by atoms with E-state index in [4.69, 9.17) is 0 Å². The van der Waals surface area contributed by atoms with E-state index in [-0.39, 0.29) is 5.54 Å². The van der Waals surface area contributed by atoms with Crippen LogP contribution >= 0.6 is 11.3 Å². The standard InChI is InChI=1S/C20H32N4OS/c1-15-18(26-16(2)21-15)13-23-11-10-22(3)20(14-23)7-6-19(25)24(9-8-20)12-17-4-5-17/h17H,4-14H2,1-3H3. The van der Waals surface area contributed by atoms with Crippen molar-refractivity contribution in [2.45, 2.75) is 58.0 Å². The molecule has 4 rings (SSSR count). The van der Waals surface area contributed by atoms with Crippen molar-refractivity contribution < 1.29 is 4.79 Å². The lowest BCUT2D eigenvalue weighted by Crippen LogP contribution is -2.60. The maximum absolute atomic E-state index is 12.6. The first-order valence-corrected chi connectivity index (χ1v) is 10.9. The highest BCUT2D eigenvalue weighted by atomic mass is 32.1. The Morgan fingerprint density at radius 1 is 1.19 bits per heavy atom. The highest BCUT2D eigenvalue weighted by Crippen LogP contribution is 2.35. The zero-order valence-electron chi connectivity index (χ0n) is 16.5. The number of rotatable bonds is 4. The normalized spacial score (nSPS) is 28.7. The van der Waals surface area contributed by atoms with Gasteiger partial charge in [0.05, 0.1) is 10.7 Å². The Kier molecular flexibility index (Phi) is 5.10. The van der Waals surface area contributed by atoms with Gasteiger partial charge >= 0.3 is 0 Å². The lowest BCUT2D eigenvalue weighted by atomic mass is 9.86. The molecule has 5 nitrogen and oxygen atoms in total. The van der Waals surface area contributed by atoms with Crippen molar-refractivity contribution in [1.29, 1.82) is 0 Å². The van der Waals surface area contributed by atoms with Gasteiger partial charge in [-0.25, -0.2) is 4.98 Å². The van der Waals surface area contributed by atoms with Gasteiger partial charge in [0.15, 0.2) is 0 Å². The number of thiazole rings is 1. The monoisotopic (exact) mass is 376 g/mol. The molecule has 2 saturated heterocycles. The van der Waals surface area contributed by atoms with Crippen molar-refractivity contribution in [3.63, 3.8) is 0 Å². The predicted molar refractivity (Wildman–Crippen MR) is 105 cm³/mol. The third kappa shape index (κ3) is 3.82. The molecule has 2 aliphatic heterocycles. The van der Waals surface area contributed by atoms with E-state index in [9.17, 15) is 4.79 Å². The van der Waals surface area contributed by atoms with Gasteiger partial charge in [0, 0.05) is 56.1 Å². The van der Waals surface area contributed by atoms with Crippen LogP contribution in [-0.4, -0.2) is 70.9 Å². The molecule has 1 aromatic rings. The van der Waals surface area contributed by atoms with Gasteiger partial charge in [-0.1, -0.05) is 0 Å². The SMILES string of the molecule is Cc1nc(C)c(CN2CCN(C)C3(CCC(=O)N(CC4CC4)CC3)C2)s1. The molecule has 1 unspecified atom stereocenters. The second kappa shape index (κ2) is 7.21. The quantitative estimate of drug-likeness (QED) is 0.810. The number of carbonyl (C=O) groups excluding carboxylic acids is 1. The molecule has 0 radical (unpaired) electrons. The van der Waals surface area contributed by atoms with Gasteiger partial charge in [0.2, 0.25) is 5.91 Å². The Morgan fingerprint density at radius 2 is 2.00 bits per heavy atom. The predicted octanol–water partition coefficient (Wildman–Crippen LogP) is 2.67. The van der Waals surface area contributed by atoms with E-state index in [2.05, 4.69) is 40.6 Å². The van der Waals surface area contributed by atoms with Gasteiger partial charge in [-0.3, -0.25) is 14.6 Å². The fourth-order valence-corrected chi connectivity index (χ4v) is 5.62. The summed E-state index contributed by atoms with van der Waals surface area (Å²) in [6.07, 6.45) is 5.45. The molecule has 0 aromatic carbocycles. The van der Waals surface area contributed by atoms with Crippen LogP contribution in [0.25, 0.3) is 0 Å². The van der Waals surface area contributed by atoms with E-state index >= 15 is 0 Å². The second-order valence-electron chi connectivity index (χ2n) is 8.63. The molecule has 0 N–H and O–H groups in total. The van der Waals surface area contributed by atoms with Gasteiger partial charge in [-0.15, -0.1) is 11.3 Å². The third-order valence-corrected chi connectivity index (χ3v) is 7.68. The zero-order chi connectivity index (χ0) is 18.3. The van der Waals surface area contributed by atoms with Gasteiger partial charge in [0.1, 0.15) is 0 Å². The van der Waals surface area contributed by atoms with Gasteiger partial charge in [-0.2, -0.15) is 0 Å². The van der Waals surface area contributed by atoms with E-state index in [1.807, 2.05) is 11.3 Å². The van der Waals surface area contributed by atoms with Crippen LogP contribution < -0.4 is 0 Å². The molecule has 144 valence electrons. The number of piperazine rings is 1. The van der Waals surface area contributed by atoms with Crippen LogP contribution in [0.15, 0.2) is 0 Å². The van der Waals surface area contributed by atoms with Crippen molar-refractivity contribution in [2.75, 3.05) is 39.8 Å². The number of carbonyl (C=O) groups is 1. The summed E-state index contributed by atoms with van der Waals surface area (Å²) in [6, 6.07) is 0. The number of amides is 1. The third-order valence-electron chi connectivity index (χ3n) is 6.63. The fraction of sp³-hybridized carbons (Fsp3) is 0.800. The number of aryl methyl sites for hydroxylation is 2. The first-order chi connectivity index (χ1) is 12.4. The largest absolute Gasteiger partial charge is 0.342 e. The van der Waals surface area contributed by atoms with Gasteiger partial charge in [-0.05, 0) is 52.5 Å². The summed E-state index contributed by atoms with van der Waals surface area (Å²) in [5.41, 5.74) is 1.34. The maximum atomic E-state index is 12.6. The minimum atomic E-state index is 0.153. The van der Waals surface area contributed by atoms with Crippen LogP contribution in [0.1, 0.15) is 47.7 Å². The van der Waals surface area contributed by atoms with E-state index in [0.29, 0.717) is 12.3 Å². The second-order valence-corrected chi connectivity index (χ2v) is 9.92. The lowest BCUT2D eigenvalue weighted by molar-refractivity contribution is -0.131. The average Bonchev–Trinajstić information content (AvgIpc) is 3.38. The highest BCUT2D eigenvalue weighted by Gasteiger charge is 2.42. The fourth-order valence-electron chi connectivity index (χ4n) is 4.64. The zero-order valence-corrected chi connectivity index (χ0v) is 17.3. The maximum Gasteiger partial charge on any atom is 0.222 e. The lowest BCUT2D eigenvalue weighted by Gasteiger charge is -2.49. The summed E-state index contributed by atoms with van der Waals surface area (Å²) in [6.45, 7) is 10.4. The van der Waals surface area contributed by atoms with Crippen LogP contribution in [0.2, 0.25) is 0 Å². The van der Waals surface area contributed by atoms with Gasteiger partial charge in [0.25, 0.3) is 0 Å². The molecule has 6 heteroatoms. The van der Waals surface area contributed by atoms with Crippen molar-refractivity contribution in [3.8, 4) is 0 Å². The Labute approximate surface area is 161 Å². The average molecular weight is 377 g/mol. The first kappa shape index (κ1) is 18.4. The summed E-state index contributed by atoms with van der Waals surface area (Å²) >= 11 is 1.83. The molecule has 3 aliphatic rings. The Hall–Kier alpha value is -0.980. The van der Waals surface area contributed by atoms with E-state index < -0.39 is 0 Å². The molecule has 1 saturated carbocycles. The summed E-state index contributed by atoms with van der Waals surface area (Å²) in [4.78, 5) is 25.9. The molecule has 1 spiro atoms. The topological polar surface area (TPSA) is 39.7 Å². The summed E-state index contributed by atoms with van der Waals surface area (Å²) in [5.74, 6) is 1.17. The smallest absolute Gasteiger partial charge is 0.222 e. The number of likely N-dealkylation sites (tertiary alicyclic amines) is 1. The van der Waals surface area contributed by atoms with Crippen molar-refractivity contribution in [2.24, 2.45) is 5.92 Å². The van der Waals surface area contributed by atoms with Crippen LogP contribution in [-0.2, 0) is 11.3 Å². The number of hydrogen-bond donors (Lipinski definition) is 0. The van der Waals surface area contributed by atoms with Crippen LogP contribution in [0.4, 0.5) is 0 Å². The minimum Gasteiger partial charge on any atom is -0.342 e. The Bertz CT molecular complexity index is 671. The molecule has 1 aliphatic carbocycles. The van der Waals surface area contributed by atoms with Crippen molar-refractivity contribution >= 4 is 17.2 Å². The molecule has 0 bridgehead atoms. The molecule has 26 heavy (non-hydrogen) atoms. The molecular weight excluding hydrogens is 344 g/mol. The molecule has 3 fully saturated rings. The number of likely N-dealkylation sites (N-methyl/N-ethyl adjacent to an activating group) is 1. The summed E-state index contributed by atoms with van der Waals surface area (Å²) in [7, 11) is 2.26. The van der Waals surface area contributed by atoms with E-state index in [0.717, 1.165) is 63.0 Å². The molecular formula is C20H32N4OS. The Balaban J connectivity index is 1.45. The molecule has 1 amide bonds. The highest BCUT2D eigenvalue weighted by molar-refractivity contribution is 7.11. The molecule has 1 atom stereocenters. The van der Waals surface area contributed by atoms with E-state index in [1.165, 1.54) is 23.4 Å². The number of nitrogens with zero attached hydrogens (tertiary/aromatic N) is 4. The Morgan fingerprint density at radius 3 is 2.69 bits per heavy atom. The van der Waals surface area contributed by atoms with Crippen LogP contribution in [0, 0.1) is 19.8 Å². The number of hydrogen-bond acceptors (Lipinski definition) is 5. The first-order valence-electron chi connectivity index (χ1n) is 10.1. The van der Waals surface area contributed by atoms with Crippen LogP contribution in [0.3, 0.4) is 0 Å². The van der Waals surface area contributed by atoms with E-state index in [1.54, 1.807) is 0 Å². The van der Waals surface area contributed by atoms with Crippen LogP contribution in [0.5, 0.6) is 0 Å². The molecule has 1 aromatic heterocycles. The van der Waals surface area contributed by atoms with Gasteiger partial charge < -0.3 is 4.90 Å². The molecule has 3 heterocycles.